The minimum absolute atomic E-state index is 0. The van der Waals surface area contributed by atoms with E-state index < -0.39 is 5.97 Å². The Morgan fingerprint density at radius 2 is 1.91 bits per heavy atom. The zero-order valence-corrected chi connectivity index (χ0v) is 11.7. The number of carbonyl (C=O) groups is 1. The molecule has 0 aliphatic rings. The number of carboxylic acids is 1. The predicted molar refractivity (Wildman–Crippen MR) is 39.0 cm³/mol. The molecule has 0 radical (unpaired) electrons. The Kier molecular flexibility index (Phi) is 5.96. The molecule has 1 aromatic rings. The molecule has 0 fully saturated rings. The van der Waals surface area contributed by atoms with E-state index in [1.165, 1.54) is 16.9 Å². The molecule has 4 heteroatoms. The molecule has 0 saturated heterocycles. The van der Waals surface area contributed by atoms with Gasteiger partial charge in [-0.25, -0.2) is 0 Å². The van der Waals surface area contributed by atoms with Crippen LogP contribution in [0.2, 0.25) is 0 Å². The van der Waals surface area contributed by atoms with Crippen molar-refractivity contribution in [3.63, 3.8) is 0 Å². The number of carboxylic acid groups (broad SMARTS) is 1. The van der Waals surface area contributed by atoms with Crippen LogP contribution in [0.1, 0.15) is 10.4 Å². The molecule has 0 aliphatic heterocycles. The number of carbonyl (C=O) groups excluding carboxylic acids is 1. The molecule has 0 heterocycles. The Morgan fingerprint density at radius 1 is 1.36 bits per heavy atom. The van der Waals surface area contributed by atoms with Gasteiger partial charge in [0.2, 0.25) is 0 Å². The summed E-state index contributed by atoms with van der Waals surface area (Å²) >= 11 is 1.30. The minimum Gasteiger partial charge on any atom is 1.00 e. The Hall–Kier alpha value is 0.885. The molecule has 1 aromatic carbocycles. The Bertz CT molecular complexity index is 262. The molecule has 0 saturated carbocycles. The molecule has 0 spiro atoms. The van der Waals surface area contributed by atoms with Gasteiger partial charge in [-0.2, -0.15) is 0 Å². The maximum absolute atomic E-state index is 10.3. The van der Waals surface area contributed by atoms with Gasteiger partial charge >= 0.3 is 118 Å². The first-order valence-corrected chi connectivity index (χ1v) is 3.99. The first-order valence-electron chi connectivity index (χ1n) is 2.77. The summed E-state index contributed by atoms with van der Waals surface area (Å²) in [5.74, 6) is -1.10. The fraction of sp³-hybridized carbons (Fsp3) is 0. The number of aromatic carboxylic acids is 1. The molecule has 1 rings (SSSR count). The van der Waals surface area contributed by atoms with Gasteiger partial charge in [0.25, 0.3) is 0 Å². The predicted octanol–water partition coefficient (Wildman–Crippen LogP) is -4.69. The van der Waals surface area contributed by atoms with Crippen LogP contribution in [-0.4, -0.2) is 22.8 Å². The SMILES string of the molecule is O=C([O-])c1ccccc1[AsH2].[K+]. The second-order valence-corrected chi connectivity index (χ2v) is 3.18. The smallest absolute Gasteiger partial charge is 1.00 e. The van der Waals surface area contributed by atoms with E-state index >= 15 is 0 Å². The van der Waals surface area contributed by atoms with Gasteiger partial charge in [-0.3, -0.25) is 0 Å². The van der Waals surface area contributed by atoms with Gasteiger partial charge in [0, 0.05) is 0 Å². The molecule has 11 heavy (non-hydrogen) atoms. The van der Waals surface area contributed by atoms with Crippen LogP contribution >= 0.6 is 0 Å². The van der Waals surface area contributed by atoms with Crippen LogP contribution in [0.15, 0.2) is 24.3 Å². The first kappa shape index (κ1) is 11.9. The fourth-order valence-corrected chi connectivity index (χ4v) is 1.37. The summed E-state index contributed by atoms with van der Waals surface area (Å²) < 4.78 is 0.801. The van der Waals surface area contributed by atoms with E-state index in [0.29, 0.717) is 5.56 Å². The van der Waals surface area contributed by atoms with Crippen molar-refractivity contribution in [3.05, 3.63) is 29.8 Å². The quantitative estimate of drug-likeness (QED) is 0.460. The van der Waals surface area contributed by atoms with Crippen LogP contribution < -0.4 is 60.8 Å². The second kappa shape index (κ2) is 5.52. The van der Waals surface area contributed by atoms with Crippen LogP contribution in [0.5, 0.6) is 0 Å². The first-order chi connectivity index (χ1) is 4.72. The van der Waals surface area contributed by atoms with Crippen molar-refractivity contribution in [2.45, 2.75) is 0 Å². The molecule has 1 unspecified atom stereocenters. The summed E-state index contributed by atoms with van der Waals surface area (Å²) in [6.45, 7) is 0. The maximum atomic E-state index is 10.3. The second-order valence-electron chi connectivity index (χ2n) is 1.87. The topological polar surface area (TPSA) is 40.1 Å². The van der Waals surface area contributed by atoms with E-state index in [1.807, 2.05) is 6.07 Å². The van der Waals surface area contributed by atoms with E-state index in [2.05, 4.69) is 0 Å². The van der Waals surface area contributed by atoms with Crippen LogP contribution in [0.4, 0.5) is 0 Å². The van der Waals surface area contributed by atoms with Gasteiger partial charge in [0.15, 0.2) is 0 Å². The summed E-state index contributed by atoms with van der Waals surface area (Å²) in [6.07, 6.45) is 0. The van der Waals surface area contributed by atoms with Crippen LogP contribution in [0.3, 0.4) is 0 Å². The van der Waals surface area contributed by atoms with Crippen LogP contribution in [0, 0.1) is 0 Å². The molecule has 0 bridgehead atoms. The van der Waals surface area contributed by atoms with E-state index in [9.17, 15) is 9.90 Å². The molecule has 1 atom stereocenters. The third-order valence-electron chi connectivity index (χ3n) is 1.18. The molecular weight excluding hydrogens is 230 g/mol. The average molecular weight is 236 g/mol. The zero-order valence-electron chi connectivity index (χ0n) is 6.20. The third-order valence-corrected chi connectivity index (χ3v) is 2.24. The molecular formula is C7H6AsKO2. The molecule has 2 nitrogen and oxygen atoms in total. The van der Waals surface area contributed by atoms with Crippen molar-refractivity contribution in [2.24, 2.45) is 0 Å². The molecule has 0 aromatic heterocycles. The third kappa shape index (κ3) is 3.41. The largest absolute Gasteiger partial charge is 1.00 e. The van der Waals surface area contributed by atoms with Crippen molar-refractivity contribution < 1.29 is 61.3 Å². The molecule has 0 aliphatic carbocycles. The summed E-state index contributed by atoms with van der Waals surface area (Å²) in [4.78, 5) is 10.3. The van der Waals surface area contributed by atoms with Crippen molar-refractivity contribution in [2.75, 3.05) is 0 Å². The standard InChI is InChI=1S/C7H7AsO2.K/c8-6-4-2-1-3-5(6)7(9)10;/h1-4H,8H2,(H,9,10);/q;+1/p-1. The van der Waals surface area contributed by atoms with Gasteiger partial charge in [-0.05, 0) is 0 Å². The summed E-state index contributed by atoms with van der Waals surface area (Å²) in [5.41, 5.74) is 0.294. The molecule has 0 N–H and O–H groups in total. The van der Waals surface area contributed by atoms with Gasteiger partial charge in [0.1, 0.15) is 0 Å². The number of rotatable bonds is 1. The average Bonchev–Trinajstić information content (AvgIpc) is 1.88. The van der Waals surface area contributed by atoms with Gasteiger partial charge in [-0.1, -0.05) is 0 Å². The normalized spacial score (nSPS) is 8.45. The van der Waals surface area contributed by atoms with Crippen molar-refractivity contribution in [1.29, 1.82) is 0 Å². The molecule has 0 amide bonds. The maximum Gasteiger partial charge on any atom is 1.00 e. The zero-order chi connectivity index (χ0) is 7.56. The monoisotopic (exact) mass is 236 g/mol. The Labute approximate surface area is 116 Å². The number of hydrogen-bond donors (Lipinski definition) is 0. The summed E-state index contributed by atoms with van der Waals surface area (Å²) in [5, 5.41) is 10.3. The van der Waals surface area contributed by atoms with Crippen molar-refractivity contribution in [3.8, 4) is 0 Å². The van der Waals surface area contributed by atoms with E-state index in [1.54, 1.807) is 18.2 Å². The van der Waals surface area contributed by atoms with Crippen molar-refractivity contribution >= 4 is 27.2 Å². The minimum atomic E-state index is -1.10. The van der Waals surface area contributed by atoms with E-state index in [0.717, 1.165) is 4.35 Å². The Balaban J connectivity index is 0.000001000. The van der Waals surface area contributed by atoms with E-state index in [-0.39, 0.29) is 51.4 Å². The van der Waals surface area contributed by atoms with Gasteiger partial charge < -0.3 is 0 Å². The molecule has 52 valence electrons. The van der Waals surface area contributed by atoms with Gasteiger partial charge in [-0.15, -0.1) is 0 Å². The summed E-state index contributed by atoms with van der Waals surface area (Å²) in [7, 11) is 0. The summed E-state index contributed by atoms with van der Waals surface area (Å²) in [6, 6.07) is 6.81. The van der Waals surface area contributed by atoms with Crippen LogP contribution in [0.25, 0.3) is 0 Å². The van der Waals surface area contributed by atoms with Crippen molar-refractivity contribution in [1.82, 2.24) is 0 Å². The number of hydrogen-bond acceptors (Lipinski definition) is 2. The van der Waals surface area contributed by atoms with Crippen LogP contribution in [-0.2, 0) is 0 Å². The fourth-order valence-electron chi connectivity index (χ4n) is 0.683. The van der Waals surface area contributed by atoms with Gasteiger partial charge in [0.05, 0.1) is 0 Å². The number of benzene rings is 1. The Morgan fingerprint density at radius 3 is 2.27 bits per heavy atom. The van der Waals surface area contributed by atoms with E-state index in [4.69, 9.17) is 0 Å².